The Morgan fingerprint density at radius 3 is 1.82 bits per heavy atom. The fourth-order valence-electron chi connectivity index (χ4n) is 2.71. The van der Waals surface area contributed by atoms with Crippen molar-refractivity contribution in [2.45, 2.75) is 6.92 Å². The van der Waals surface area contributed by atoms with Gasteiger partial charge in [0, 0.05) is 29.9 Å². The van der Waals surface area contributed by atoms with Crippen LogP contribution in [0, 0.1) is 11.8 Å². The molecule has 0 aliphatic rings. The van der Waals surface area contributed by atoms with Gasteiger partial charge in [0.05, 0.1) is 18.0 Å². The number of rotatable bonds is 6. The Hall–Kier alpha value is -3.42. The Kier molecular flexibility index (Phi) is 6.95. The normalized spacial score (nSPS) is 10.5. The molecule has 140 valence electrons. The van der Waals surface area contributed by atoms with E-state index in [4.69, 9.17) is 5.11 Å². The van der Waals surface area contributed by atoms with Gasteiger partial charge in [-0.25, -0.2) is 0 Å². The maximum atomic E-state index is 9.12. The maximum Gasteiger partial charge on any atom is 0.0858 e. The van der Waals surface area contributed by atoms with Gasteiger partial charge in [0.1, 0.15) is 0 Å². The first kappa shape index (κ1) is 19.3. The topological polar surface area (TPSA) is 48.2 Å². The van der Waals surface area contributed by atoms with Crippen LogP contribution >= 0.6 is 0 Å². The van der Waals surface area contributed by atoms with Crippen molar-refractivity contribution in [3.8, 4) is 11.8 Å². The van der Waals surface area contributed by atoms with Crippen molar-refractivity contribution < 1.29 is 5.11 Å². The van der Waals surface area contributed by atoms with Crippen molar-refractivity contribution in [2.75, 3.05) is 24.6 Å². The third-order valence-corrected chi connectivity index (χ3v) is 4.24. The molecule has 0 saturated heterocycles. The summed E-state index contributed by atoms with van der Waals surface area (Å²) in [6.07, 6.45) is 0. The fourth-order valence-corrected chi connectivity index (χ4v) is 2.71. The molecule has 0 heterocycles. The molecule has 0 spiro atoms. The first-order valence-corrected chi connectivity index (χ1v) is 9.33. The molecule has 4 nitrogen and oxygen atoms in total. The van der Waals surface area contributed by atoms with Gasteiger partial charge in [-0.05, 0) is 67.6 Å². The smallest absolute Gasteiger partial charge is 0.0858 e. The number of aliphatic hydroxyl groups is 1. The van der Waals surface area contributed by atoms with Crippen LogP contribution in [0.5, 0.6) is 0 Å². The summed E-state index contributed by atoms with van der Waals surface area (Å²) >= 11 is 0. The minimum absolute atomic E-state index is 0.140. The first-order chi connectivity index (χ1) is 13.8. The fraction of sp³-hybridized carbons (Fsp3) is 0.167. The predicted molar refractivity (Wildman–Crippen MR) is 114 cm³/mol. The van der Waals surface area contributed by atoms with Crippen LogP contribution in [0.2, 0.25) is 0 Å². The molecule has 0 radical (unpaired) electrons. The van der Waals surface area contributed by atoms with Crippen LogP contribution in [0.1, 0.15) is 18.1 Å². The lowest BCUT2D eigenvalue weighted by atomic mass is 10.2. The second kappa shape index (κ2) is 10.1. The van der Waals surface area contributed by atoms with Crippen molar-refractivity contribution in [3.05, 3.63) is 90.0 Å². The van der Waals surface area contributed by atoms with Crippen LogP contribution in [0.25, 0.3) is 0 Å². The quantitative estimate of drug-likeness (QED) is 0.472. The molecule has 0 saturated carbocycles. The monoisotopic (exact) mass is 369 g/mol. The molecule has 0 unspecified atom stereocenters. The molecule has 1 N–H and O–H groups in total. The number of anilines is 1. The summed E-state index contributed by atoms with van der Waals surface area (Å²) < 4.78 is 0. The Labute approximate surface area is 166 Å². The highest BCUT2D eigenvalue weighted by Gasteiger charge is 2.02. The Morgan fingerprint density at radius 1 is 0.750 bits per heavy atom. The van der Waals surface area contributed by atoms with Crippen molar-refractivity contribution in [1.82, 2.24) is 0 Å². The highest BCUT2D eigenvalue weighted by molar-refractivity contribution is 5.53. The van der Waals surface area contributed by atoms with Gasteiger partial charge in [0.15, 0.2) is 0 Å². The van der Waals surface area contributed by atoms with E-state index in [1.165, 1.54) is 0 Å². The van der Waals surface area contributed by atoms with Crippen molar-refractivity contribution in [2.24, 2.45) is 10.2 Å². The largest absolute Gasteiger partial charge is 0.395 e. The molecule has 3 aromatic rings. The Morgan fingerprint density at radius 2 is 1.29 bits per heavy atom. The number of azo groups is 1. The number of hydrogen-bond donors (Lipinski definition) is 1. The summed E-state index contributed by atoms with van der Waals surface area (Å²) in [5.74, 6) is 6.29. The van der Waals surface area contributed by atoms with Gasteiger partial charge >= 0.3 is 0 Å². The summed E-state index contributed by atoms with van der Waals surface area (Å²) in [5.41, 5.74) is 4.57. The third kappa shape index (κ3) is 5.54. The second-order valence-electron chi connectivity index (χ2n) is 6.18. The SMILES string of the molecule is CCN(CCO)c1ccc(N=Nc2ccc(C#Cc3ccccc3)cc2)cc1. The molecule has 0 aliphatic heterocycles. The average Bonchev–Trinajstić information content (AvgIpc) is 2.76. The van der Waals surface area contributed by atoms with E-state index < -0.39 is 0 Å². The molecule has 0 bridgehead atoms. The average molecular weight is 369 g/mol. The second-order valence-corrected chi connectivity index (χ2v) is 6.18. The highest BCUT2D eigenvalue weighted by atomic mass is 16.3. The molecule has 28 heavy (non-hydrogen) atoms. The molecule has 0 atom stereocenters. The number of likely N-dealkylation sites (N-methyl/N-ethyl adjacent to an activating group) is 1. The van der Waals surface area contributed by atoms with E-state index in [0.717, 1.165) is 34.7 Å². The summed E-state index contributed by atoms with van der Waals surface area (Å²) in [6, 6.07) is 25.5. The van der Waals surface area contributed by atoms with Gasteiger partial charge < -0.3 is 10.0 Å². The lowest BCUT2D eigenvalue weighted by Gasteiger charge is -2.21. The van der Waals surface area contributed by atoms with Crippen molar-refractivity contribution in [1.29, 1.82) is 0 Å². The number of benzene rings is 3. The van der Waals surface area contributed by atoms with Gasteiger partial charge in [-0.2, -0.15) is 10.2 Å². The Bertz CT molecular complexity index is 953. The summed E-state index contributed by atoms with van der Waals surface area (Å²) in [5, 5.41) is 17.7. The molecule has 0 fully saturated rings. The van der Waals surface area contributed by atoms with E-state index in [9.17, 15) is 0 Å². The standard InChI is InChI=1S/C24H23N3O/c1-2-27(18-19-28)24-16-14-23(15-17-24)26-25-22-12-10-21(11-13-22)9-8-20-6-4-3-5-7-20/h3-7,10-17,28H,2,18-19H2,1H3. The van der Waals surface area contributed by atoms with E-state index in [0.29, 0.717) is 6.54 Å². The zero-order valence-corrected chi connectivity index (χ0v) is 15.9. The van der Waals surface area contributed by atoms with E-state index in [2.05, 4.69) is 33.9 Å². The lowest BCUT2D eigenvalue weighted by Crippen LogP contribution is -2.25. The summed E-state index contributed by atoms with van der Waals surface area (Å²) in [4.78, 5) is 2.11. The summed E-state index contributed by atoms with van der Waals surface area (Å²) in [7, 11) is 0. The van der Waals surface area contributed by atoms with Crippen LogP contribution in [0.3, 0.4) is 0 Å². The molecule has 0 aliphatic carbocycles. The van der Waals surface area contributed by atoms with Crippen molar-refractivity contribution >= 4 is 17.1 Å². The molecule has 3 rings (SSSR count). The van der Waals surface area contributed by atoms with Crippen LogP contribution < -0.4 is 4.90 Å². The van der Waals surface area contributed by atoms with Crippen LogP contribution in [0.15, 0.2) is 89.1 Å². The molecule has 0 amide bonds. The molecular formula is C24H23N3O. The van der Waals surface area contributed by atoms with Crippen molar-refractivity contribution in [3.63, 3.8) is 0 Å². The van der Waals surface area contributed by atoms with Gasteiger partial charge in [0.2, 0.25) is 0 Å². The van der Waals surface area contributed by atoms with Gasteiger partial charge in [-0.3, -0.25) is 0 Å². The molecule has 4 heteroatoms. The minimum atomic E-state index is 0.140. The predicted octanol–water partition coefficient (Wildman–Crippen LogP) is 5.32. The van der Waals surface area contributed by atoms with Crippen LogP contribution in [-0.4, -0.2) is 24.8 Å². The first-order valence-electron chi connectivity index (χ1n) is 9.33. The zero-order valence-electron chi connectivity index (χ0n) is 15.9. The van der Waals surface area contributed by atoms with Gasteiger partial charge in [-0.1, -0.05) is 30.0 Å². The third-order valence-electron chi connectivity index (χ3n) is 4.24. The molecule has 3 aromatic carbocycles. The van der Waals surface area contributed by atoms with E-state index >= 15 is 0 Å². The lowest BCUT2D eigenvalue weighted by molar-refractivity contribution is 0.302. The van der Waals surface area contributed by atoms with E-state index in [1.54, 1.807) is 0 Å². The van der Waals surface area contributed by atoms with E-state index in [-0.39, 0.29) is 6.61 Å². The highest BCUT2D eigenvalue weighted by Crippen LogP contribution is 2.22. The van der Waals surface area contributed by atoms with Crippen LogP contribution in [0.4, 0.5) is 17.1 Å². The van der Waals surface area contributed by atoms with E-state index in [1.807, 2.05) is 78.9 Å². The summed E-state index contributed by atoms with van der Waals surface area (Å²) in [6.45, 7) is 3.68. The van der Waals surface area contributed by atoms with Gasteiger partial charge in [0.25, 0.3) is 0 Å². The van der Waals surface area contributed by atoms with Gasteiger partial charge in [-0.15, -0.1) is 0 Å². The maximum absolute atomic E-state index is 9.12. The number of nitrogens with zero attached hydrogens (tertiary/aromatic N) is 3. The number of hydrogen-bond acceptors (Lipinski definition) is 4. The number of aliphatic hydroxyl groups excluding tert-OH is 1. The Balaban J connectivity index is 1.64. The minimum Gasteiger partial charge on any atom is -0.395 e. The molecular weight excluding hydrogens is 346 g/mol. The molecule has 0 aromatic heterocycles. The zero-order chi connectivity index (χ0) is 19.6. The van der Waals surface area contributed by atoms with Crippen LogP contribution in [-0.2, 0) is 0 Å².